The number of likely N-dealkylation sites (N-methyl/N-ethyl adjacent to an activating group) is 1. The van der Waals surface area contributed by atoms with Crippen molar-refractivity contribution in [2.75, 3.05) is 33.3 Å². The van der Waals surface area contributed by atoms with Crippen LogP contribution in [-0.2, 0) is 14.3 Å². The van der Waals surface area contributed by atoms with Gasteiger partial charge in [0, 0.05) is 32.6 Å². The number of hydrogen-bond acceptors (Lipinski definition) is 7. The maximum atomic E-state index is 12.4. The molecule has 11 nitrogen and oxygen atoms in total. The quantitative estimate of drug-likeness (QED) is 0.337. The summed E-state index contributed by atoms with van der Waals surface area (Å²) in [5, 5.41) is 7.80. The molecule has 2 heterocycles. The van der Waals surface area contributed by atoms with Gasteiger partial charge in [-0.3, -0.25) is 20.2 Å². The van der Waals surface area contributed by atoms with Crippen LogP contribution in [0.15, 0.2) is 4.99 Å². The number of guanidine groups is 1. The third kappa shape index (κ3) is 7.85. The van der Waals surface area contributed by atoms with Crippen molar-refractivity contribution in [1.29, 1.82) is 0 Å². The molecule has 156 valence electrons. The van der Waals surface area contributed by atoms with E-state index in [0.717, 1.165) is 6.54 Å². The van der Waals surface area contributed by atoms with E-state index in [4.69, 9.17) is 16.2 Å². The molecule has 0 saturated carbocycles. The van der Waals surface area contributed by atoms with Crippen molar-refractivity contribution in [2.24, 2.45) is 16.5 Å². The van der Waals surface area contributed by atoms with Crippen LogP contribution in [0.2, 0.25) is 0 Å². The van der Waals surface area contributed by atoms with E-state index in [2.05, 4.69) is 20.9 Å². The van der Waals surface area contributed by atoms with Crippen molar-refractivity contribution in [2.45, 2.75) is 31.0 Å². The topological polar surface area (TPSA) is 164 Å². The summed E-state index contributed by atoms with van der Waals surface area (Å²) in [7, 11) is 1.53. The molecule has 0 bridgehead atoms. The maximum Gasteiger partial charge on any atom is 0.318 e. The molecule has 7 N–H and O–H groups in total. The zero-order chi connectivity index (χ0) is 18.4. The standard InChI is InChI=1S/C14H25N7O4.2ClH/c1-21(10-7-18-14(19-12(10)23)20-13(16)24)11(22)5-8(15)4-9-6-17-2-3-25-9;;/h8-10,17H,2-7,15H2,1H3,(H4,16,18,19,20,23,24);2*1H. The van der Waals surface area contributed by atoms with Gasteiger partial charge in [0.15, 0.2) is 0 Å². The second-order valence-corrected chi connectivity index (χ2v) is 6.09. The van der Waals surface area contributed by atoms with E-state index in [1.165, 1.54) is 11.9 Å². The molecule has 13 heteroatoms. The SMILES string of the molecule is CN(C(=O)CC(N)CC1CNCCO1)C1CN=C(NC(N)=O)NC1=O.Cl.Cl. The monoisotopic (exact) mass is 427 g/mol. The van der Waals surface area contributed by atoms with Crippen LogP contribution in [0, 0.1) is 0 Å². The lowest BCUT2D eigenvalue weighted by molar-refractivity contribution is -0.138. The van der Waals surface area contributed by atoms with Crippen LogP contribution in [-0.4, -0.2) is 80.2 Å². The number of morpholine rings is 1. The molecule has 2 aliphatic heterocycles. The number of urea groups is 1. The van der Waals surface area contributed by atoms with Crippen LogP contribution in [0.3, 0.4) is 0 Å². The number of rotatable bonds is 5. The molecule has 1 fully saturated rings. The molecule has 0 aliphatic carbocycles. The van der Waals surface area contributed by atoms with Gasteiger partial charge in [0.1, 0.15) is 6.04 Å². The van der Waals surface area contributed by atoms with Crippen molar-refractivity contribution < 1.29 is 19.1 Å². The predicted octanol–water partition coefficient (Wildman–Crippen LogP) is -2.09. The van der Waals surface area contributed by atoms with E-state index >= 15 is 0 Å². The Morgan fingerprint density at radius 2 is 2.15 bits per heavy atom. The van der Waals surface area contributed by atoms with Gasteiger partial charge in [0.05, 0.1) is 19.3 Å². The van der Waals surface area contributed by atoms with Gasteiger partial charge in [0.25, 0.3) is 5.91 Å². The van der Waals surface area contributed by atoms with Crippen LogP contribution in [0.1, 0.15) is 12.8 Å². The summed E-state index contributed by atoms with van der Waals surface area (Å²) >= 11 is 0. The average molecular weight is 428 g/mol. The van der Waals surface area contributed by atoms with E-state index in [0.29, 0.717) is 19.6 Å². The maximum absolute atomic E-state index is 12.4. The van der Waals surface area contributed by atoms with Crippen molar-refractivity contribution in [3.05, 3.63) is 0 Å². The Morgan fingerprint density at radius 3 is 2.70 bits per heavy atom. The number of primary amides is 1. The Bertz CT molecular complexity index is 558. The van der Waals surface area contributed by atoms with Gasteiger partial charge >= 0.3 is 6.03 Å². The van der Waals surface area contributed by atoms with E-state index in [1.54, 1.807) is 0 Å². The van der Waals surface area contributed by atoms with E-state index in [9.17, 15) is 14.4 Å². The lowest BCUT2D eigenvalue weighted by Crippen LogP contribution is -2.58. The molecular formula is C14H27Cl2N7O4. The van der Waals surface area contributed by atoms with Crippen LogP contribution in [0.5, 0.6) is 0 Å². The van der Waals surface area contributed by atoms with Gasteiger partial charge in [-0.1, -0.05) is 0 Å². The Labute approximate surface area is 169 Å². The molecule has 1 saturated heterocycles. The number of hydrogen-bond donors (Lipinski definition) is 5. The number of nitrogens with one attached hydrogen (secondary N) is 3. The van der Waals surface area contributed by atoms with Gasteiger partial charge in [-0.05, 0) is 6.42 Å². The molecule has 27 heavy (non-hydrogen) atoms. The van der Waals surface area contributed by atoms with Crippen molar-refractivity contribution in [3.8, 4) is 0 Å². The predicted molar refractivity (Wildman–Crippen MR) is 104 cm³/mol. The van der Waals surface area contributed by atoms with E-state index in [-0.39, 0.29) is 61.8 Å². The Morgan fingerprint density at radius 1 is 1.44 bits per heavy atom. The zero-order valence-corrected chi connectivity index (χ0v) is 16.6. The highest BCUT2D eigenvalue weighted by atomic mass is 35.5. The van der Waals surface area contributed by atoms with Crippen molar-refractivity contribution >= 4 is 48.6 Å². The first-order valence-corrected chi connectivity index (χ1v) is 8.12. The van der Waals surface area contributed by atoms with Gasteiger partial charge in [-0.15, -0.1) is 24.8 Å². The highest BCUT2D eigenvalue weighted by Gasteiger charge is 2.31. The molecule has 0 aromatic rings. The Kier molecular flexibility index (Phi) is 11.2. The van der Waals surface area contributed by atoms with Crippen LogP contribution >= 0.6 is 24.8 Å². The largest absolute Gasteiger partial charge is 0.376 e. The lowest BCUT2D eigenvalue weighted by atomic mass is 10.0. The van der Waals surface area contributed by atoms with E-state index in [1.807, 2.05) is 0 Å². The molecule has 0 aromatic heterocycles. The molecule has 2 rings (SSSR count). The second kappa shape index (κ2) is 11.9. The number of nitrogens with zero attached hydrogens (tertiary/aromatic N) is 2. The number of aliphatic imine (C=N–C) groups is 1. The lowest BCUT2D eigenvalue weighted by Gasteiger charge is -2.30. The molecule has 2 aliphatic rings. The molecule has 3 unspecified atom stereocenters. The molecule has 0 aromatic carbocycles. The minimum absolute atomic E-state index is 0. The number of halogens is 2. The summed E-state index contributed by atoms with van der Waals surface area (Å²) in [5.41, 5.74) is 11.0. The summed E-state index contributed by atoms with van der Waals surface area (Å²) < 4.78 is 5.57. The molecular weight excluding hydrogens is 401 g/mol. The summed E-state index contributed by atoms with van der Waals surface area (Å²) in [6.07, 6.45) is 0.664. The number of carbonyl (C=O) groups excluding carboxylic acids is 3. The van der Waals surface area contributed by atoms with Crippen LogP contribution in [0.4, 0.5) is 4.79 Å². The Hall–Kier alpha value is -1.66. The van der Waals surface area contributed by atoms with Gasteiger partial charge < -0.3 is 26.4 Å². The number of ether oxygens (including phenoxy) is 1. The number of carbonyl (C=O) groups is 3. The second-order valence-electron chi connectivity index (χ2n) is 6.09. The molecule has 0 spiro atoms. The highest BCUT2D eigenvalue weighted by molar-refractivity contribution is 6.07. The van der Waals surface area contributed by atoms with Crippen molar-refractivity contribution in [3.63, 3.8) is 0 Å². The first-order chi connectivity index (χ1) is 11.9. The molecule has 0 radical (unpaired) electrons. The van der Waals surface area contributed by atoms with Gasteiger partial charge in [-0.25, -0.2) is 9.79 Å². The van der Waals surface area contributed by atoms with Gasteiger partial charge in [0.2, 0.25) is 11.9 Å². The molecule has 4 amide bonds. The smallest absolute Gasteiger partial charge is 0.318 e. The zero-order valence-electron chi connectivity index (χ0n) is 15.0. The molecule has 3 atom stereocenters. The summed E-state index contributed by atoms with van der Waals surface area (Å²) in [6.45, 7) is 2.20. The van der Waals surface area contributed by atoms with E-state index < -0.39 is 18.0 Å². The first kappa shape index (κ1) is 25.3. The summed E-state index contributed by atoms with van der Waals surface area (Å²) in [6, 6.07) is -1.94. The fourth-order valence-electron chi connectivity index (χ4n) is 2.72. The highest BCUT2D eigenvalue weighted by Crippen LogP contribution is 2.10. The fraction of sp³-hybridized carbons (Fsp3) is 0.714. The number of nitrogens with two attached hydrogens (primary N) is 2. The normalized spacial score (nSPS) is 22.9. The minimum Gasteiger partial charge on any atom is -0.376 e. The summed E-state index contributed by atoms with van der Waals surface area (Å²) in [5.74, 6) is -0.714. The minimum atomic E-state index is -0.827. The summed E-state index contributed by atoms with van der Waals surface area (Å²) in [4.78, 5) is 40.6. The average Bonchev–Trinajstić information content (AvgIpc) is 2.54. The fourth-order valence-corrected chi connectivity index (χ4v) is 2.72. The number of amides is 4. The van der Waals surface area contributed by atoms with Crippen LogP contribution in [0.25, 0.3) is 0 Å². The first-order valence-electron chi connectivity index (χ1n) is 8.12. The third-order valence-corrected chi connectivity index (χ3v) is 4.08. The Balaban J connectivity index is 0.00000338. The van der Waals surface area contributed by atoms with Crippen molar-refractivity contribution in [1.82, 2.24) is 20.9 Å². The van der Waals surface area contributed by atoms with Crippen LogP contribution < -0.4 is 27.4 Å². The van der Waals surface area contributed by atoms with Gasteiger partial charge in [-0.2, -0.15) is 0 Å². The third-order valence-electron chi connectivity index (χ3n) is 4.08.